The van der Waals surface area contributed by atoms with Crippen molar-refractivity contribution in [1.82, 2.24) is 5.32 Å². The van der Waals surface area contributed by atoms with Gasteiger partial charge < -0.3 is 5.32 Å². The lowest BCUT2D eigenvalue weighted by molar-refractivity contribution is 0.0940. The van der Waals surface area contributed by atoms with Gasteiger partial charge in [0.15, 0.2) is 0 Å². The molecule has 0 aliphatic rings. The number of benzene rings is 2. The maximum Gasteiger partial charge on any atom is 0.253 e. The van der Waals surface area contributed by atoms with Gasteiger partial charge in [-0.2, -0.15) is 0 Å². The van der Waals surface area contributed by atoms with Crippen LogP contribution in [0.4, 0.5) is 4.39 Å². The van der Waals surface area contributed by atoms with Crippen molar-refractivity contribution in [1.29, 1.82) is 0 Å². The second-order valence-corrected chi connectivity index (χ2v) is 5.70. The fourth-order valence-electron chi connectivity index (χ4n) is 1.81. The monoisotopic (exact) mass is 355 g/mol. The number of halogens is 3. The SMILES string of the molecule is CC(NC(=O)c1cc(Br)ccc1Cl)c1cccc(F)c1. The summed E-state index contributed by atoms with van der Waals surface area (Å²) in [4.78, 5) is 12.2. The summed E-state index contributed by atoms with van der Waals surface area (Å²) >= 11 is 9.30. The number of carbonyl (C=O) groups excluding carboxylic acids is 1. The van der Waals surface area contributed by atoms with Gasteiger partial charge in [-0.05, 0) is 42.8 Å². The fraction of sp³-hybridized carbons (Fsp3) is 0.133. The third-order valence-corrected chi connectivity index (χ3v) is 3.69. The van der Waals surface area contributed by atoms with E-state index in [-0.39, 0.29) is 17.8 Å². The molecule has 1 N–H and O–H groups in total. The molecule has 0 radical (unpaired) electrons. The van der Waals surface area contributed by atoms with E-state index in [2.05, 4.69) is 21.2 Å². The van der Waals surface area contributed by atoms with E-state index in [1.54, 1.807) is 37.3 Å². The first-order chi connectivity index (χ1) is 9.47. The third-order valence-electron chi connectivity index (χ3n) is 2.87. The van der Waals surface area contributed by atoms with E-state index in [0.29, 0.717) is 16.1 Å². The summed E-state index contributed by atoms with van der Waals surface area (Å²) < 4.78 is 13.9. The van der Waals surface area contributed by atoms with Gasteiger partial charge in [-0.25, -0.2) is 4.39 Å². The number of rotatable bonds is 3. The highest BCUT2D eigenvalue weighted by Gasteiger charge is 2.14. The highest BCUT2D eigenvalue weighted by Crippen LogP contribution is 2.22. The maximum atomic E-state index is 13.2. The Morgan fingerprint density at radius 3 is 2.75 bits per heavy atom. The summed E-state index contributed by atoms with van der Waals surface area (Å²) in [5, 5.41) is 3.17. The first-order valence-corrected chi connectivity index (χ1v) is 7.16. The predicted molar refractivity (Wildman–Crippen MR) is 81.4 cm³/mol. The molecule has 0 heterocycles. The highest BCUT2D eigenvalue weighted by molar-refractivity contribution is 9.10. The van der Waals surface area contributed by atoms with Crippen molar-refractivity contribution in [3.05, 3.63) is 68.9 Å². The van der Waals surface area contributed by atoms with E-state index < -0.39 is 0 Å². The molecule has 0 saturated carbocycles. The minimum Gasteiger partial charge on any atom is -0.345 e. The summed E-state index contributed by atoms with van der Waals surface area (Å²) in [6.45, 7) is 1.79. The van der Waals surface area contributed by atoms with E-state index >= 15 is 0 Å². The molecule has 2 aromatic rings. The lowest BCUT2D eigenvalue weighted by Gasteiger charge is -2.15. The molecule has 0 aliphatic heterocycles. The topological polar surface area (TPSA) is 29.1 Å². The van der Waals surface area contributed by atoms with E-state index in [9.17, 15) is 9.18 Å². The summed E-state index contributed by atoms with van der Waals surface area (Å²) in [6.07, 6.45) is 0. The van der Waals surface area contributed by atoms with Crippen LogP contribution < -0.4 is 5.32 Å². The van der Waals surface area contributed by atoms with Crippen LogP contribution in [-0.4, -0.2) is 5.91 Å². The lowest BCUT2D eigenvalue weighted by atomic mass is 10.1. The van der Waals surface area contributed by atoms with E-state index in [4.69, 9.17) is 11.6 Å². The van der Waals surface area contributed by atoms with Gasteiger partial charge >= 0.3 is 0 Å². The first kappa shape index (κ1) is 15.0. The molecule has 104 valence electrons. The van der Waals surface area contributed by atoms with Crippen LogP contribution in [-0.2, 0) is 0 Å². The molecule has 0 bridgehead atoms. The van der Waals surface area contributed by atoms with Crippen LogP contribution >= 0.6 is 27.5 Å². The lowest BCUT2D eigenvalue weighted by Crippen LogP contribution is -2.27. The van der Waals surface area contributed by atoms with Gasteiger partial charge in [0.25, 0.3) is 5.91 Å². The minimum atomic E-state index is -0.330. The standard InChI is InChI=1S/C15H12BrClFNO/c1-9(10-3-2-4-12(18)7-10)19-15(20)13-8-11(16)5-6-14(13)17/h2-9H,1H3,(H,19,20). The van der Waals surface area contributed by atoms with Gasteiger partial charge in [0, 0.05) is 4.47 Å². The van der Waals surface area contributed by atoms with Crippen LogP contribution in [0, 0.1) is 5.82 Å². The number of hydrogen-bond acceptors (Lipinski definition) is 1. The molecule has 1 unspecified atom stereocenters. The van der Waals surface area contributed by atoms with Crippen LogP contribution in [0.25, 0.3) is 0 Å². The van der Waals surface area contributed by atoms with Crippen molar-refractivity contribution in [2.75, 3.05) is 0 Å². The summed E-state index contributed by atoms with van der Waals surface area (Å²) in [7, 11) is 0. The molecule has 1 atom stereocenters. The van der Waals surface area contributed by atoms with Crippen LogP contribution in [0.2, 0.25) is 5.02 Å². The van der Waals surface area contributed by atoms with Crippen molar-refractivity contribution in [3.8, 4) is 0 Å². The zero-order chi connectivity index (χ0) is 14.7. The average Bonchev–Trinajstić information content (AvgIpc) is 2.41. The third kappa shape index (κ3) is 3.58. The van der Waals surface area contributed by atoms with Crippen LogP contribution in [0.3, 0.4) is 0 Å². The number of nitrogens with one attached hydrogen (secondary N) is 1. The Hall–Kier alpha value is -1.39. The summed E-state index contributed by atoms with van der Waals surface area (Å²) in [5.41, 5.74) is 1.08. The summed E-state index contributed by atoms with van der Waals surface area (Å²) in [6, 6.07) is 10.9. The molecule has 0 saturated heterocycles. The van der Waals surface area contributed by atoms with E-state index in [1.165, 1.54) is 12.1 Å². The molecule has 20 heavy (non-hydrogen) atoms. The first-order valence-electron chi connectivity index (χ1n) is 5.99. The van der Waals surface area contributed by atoms with Crippen molar-refractivity contribution in [3.63, 3.8) is 0 Å². The zero-order valence-corrected chi connectivity index (χ0v) is 13.0. The molecule has 0 aliphatic carbocycles. The normalized spacial score (nSPS) is 12.0. The van der Waals surface area contributed by atoms with Gasteiger partial charge in [-0.3, -0.25) is 4.79 Å². The molecule has 0 aromatic heterocycles. The molecular weight excluding hydrogens is 345 g/mol. The van der Waals surface area contributed by atoms with Crippen molar-refractivity contribution in [2.45, 2.75) is 13.0 Å². The largest absolute Gasteiger partial charge is 0.345 e. The second-order valence-electron chi connectivity index (χ2n) is 4.37. The summed E-state index contributed by atoms with van der Waals surface area (Å²) in [5.74, 6) is -0.628. The Bertz CT molecular complexity index is 648. The Labute approximate surface area is 130 Å². The predicted octanol–water partition coefficient (Wildman–Crippen LogP) is 4.73. The molecule has 5 heteroatoms. The molecule has 2 rings (SSSR count). The minimum absolute atomic E-state index is 0.298. The Kier molecular flexibility index (Phi) is 4.78. The molecule has 1 amide bonds. The van der Waals surface area contributed by atoms with E-state index in [1.807, 2.05) is 0 Å². The quantitative estimate of drug-likeness (QED) is 0.846. The Morgan fingerprint density at radius 2 is 2.05 bits per heavy atom. The van der Waals surface area contributed by atoms with Gasteiger partial charge in [0.05, 0.1) is 16.6 Å². The maximum absolute atomic E-state index is 13.2. The highest BCUT2D eigenvalue weighted by atomic mass is 79.9. The van der Waals surface area contributed by atoms with Crippen molar-refractivity contribution < 1.29 is 9.18 Å². The molecular formula is C15H12BrClFNO. The van der Waals surface area contributed by atoms with Crippen LogP contribution in [0.5, 0.6) is 0 Å². The number of carbonyl (C=O) groups is 1. The average molecular weight is 357 g/mol. The zero-order valence-electron chi connectivity index (χ0n) is 10.7. The smallest absolute Gasteiger partial charge is 0.253 e. The Morgan fingerprint density at radius 1 is 1.30 bits per heavy atom. The number of hydrogen-bond donors (Lipinski definition) is 1. The van der Waals surface area contributed by atoms with Crippen LogP contribution in [0.15, 0.2) is 46.9 Å². The van der Waals surface area contributed by atoms with Crippen molar-refractivity contribution in [2.24, 2.45) is 0 Å². The van der Waals surface area contributed by atoms with Gasteiger partial charge in [-0.15, -0.1) is 0 Å². The second kappa shape index (κ2) is 6.37. The van der Waals surface area contributed by atoms with Crippen LogP contribution in [0.1, 0.15) is 28.9 Å². The van der Waals surface area contributed by atoms with Gasteiger partial charge in [0.2, 0.25) is 0 Å². The molecule has 2 aromatic carbocycles. The fourth-order valence-corrected chi connectivity index (χ4v) is 2.37. The molecule has 2 nitrogen and oxygen atoms in total. The van der Waals surface area contributed by atoms with E-state index in [0.717, 1.165) is 4.47 Å². The van der Waals surface area contributed by atoms with Gasteiger partial charge in [-0.1, -0.05) is 39.7 Å². The Balaban J connectivity index is 2.17. The van der Waals surface area contributed by atoms with Gasteiger partial charge in [0.1, 0.15) is 5.82 Å². The molecule has 0 fully saturated rings. The molecule has 0 spiro atoms. The van der Waals surface area contributed by atoms with Crippen molar-refractivity contribution >= 4 is 33.4 Å². The number of amides is 1.